The first kappa shape index (κ1) is 11.7. The number of nitrogens with zero attached hydrogens (tertiary/aromatic N) is 2. The van der Waals surface area contributed by atoms with Crippen LogP contribution in [-0.2, 0) is 6.54 Å². The van der Waals surface area contributed by atoms with E-state index in [-0.39, 0.29) is 0 Å². The lowest BCUT2D eigenvalue weighted by Gasteiger charge is -2.11. The Kier molecular flexibility index (Phi) is 3.77. The standard InChI is InChI=1S/C12H12ClN3O/c1-17-11-5-2-4-10(13)9(11)8-14-12-6-3-7-15-16-12/h2-7H,8H2,1H3,(H,14,16). The number of hydrogen-bond acceptors (Lipinski definition) is 4. The van der Waals surface area contributed by atoms with Crippen LogP contribution in [0.15, 0.2) is 36.5 Å². The van der Waals surface area contributed by atoms with Gasteiger partial charge >= 0.3 is 0 Å². The average Bonchev–Trinajstić information content (AvgIpc) is 2.38. The second-order valence-electron chi connectivity index (χ2n) is 3.38. The number of halogens is 1. The summed E-state index contributed by atoms with van der Waals surface area (Å²) >= 11 is 6.12. The molecule has 0 fully saturated rings. The van der Waals surface area contributed by atoms with Crippen molar-refractivity contribution in [3.8, 4) is 5.75 Å². The zero-order valence-electron chi connectivity index (χ0n) is 9.35. The molecule has 0 atom stereocenters. The topological polar surface area (TPSA) is 47.0 Å². The van der Waals surface area contributed by atoms with E-state index in [4.69, 9.17) is 16.3 Å². The molecule has 1 aromatic carbocycles. The zero-order valence-corrected chi connectivity index (χ0v) is 10.1. The third kappa shape index (κ3) is 2.85. The highest BCUT2D eigenvalue weighted by atomic mass is 35.5. The largest absolute Gasteiger partial charge is 0.496 e. The van der Waals surface area contributed by atoms with E-state index in [9.17, 15) is 0 Å². The smallest absolute Gasteiger partial charge is 0.148 e. The van der Waals surface area contributed by atoms with Gasteiger partial charge in [-0.05, 0) is 24.3 Å². The number of nitrogens with one attached hydrogen (secondary N) is 1. The molecule has 1 aromatic heterocycles. The fourth-order valence-electron chi connectivity index (χ4n) is 1.48. The van der Waals surface area contributed by atoms with Crippen molar-refractivity contribution in [3.05, 3.63) is 47.1 Å². The number of ether oxygens (including phenoxy) is 1. The number of hydrogen-bond donors (Lipinski definition) is 1. The van der Waals surface area contributed by atoms with Gasteiger partial charge in [0.05, 0.1) is 7.11 Å². The maximum atomic E-state index is 6.12. The molecule has 17 heavy (non-hydrogen) atoms. The van der Waals surface area contributed by atoms with Crippen molar-refractivity contribution >= 4 is 17.4 Å². The lowest BCUT2D eigenvalue weighted by Crippen LogP contribution is -2.04. The van der Waals surface area contributed by atoms with Crippen LogP contribution in [0.5, 0.6) is 5.75 Å². The second-order valence-corrected chi connectivity index (χ2v) is 3.79. The molecule has 0 unspecified atom stereocenters. The molecule has 1 N–H and O–H groups in total. The van der Waals surface area contributed by atoms with E-state index in [1.807, 2.05) is 30.3 Å². The molecule has 0 aliphatic carbocycles. The summed E-state index contributed by atoms with van der Waals surface area (Å²) in [5, 5.41) is 11.5. The van der Waals surface area contributed by atoms with Crippen molar-refractivity contribution in [2.45, 2.75) is 6.54 Å². The van der Waals surface area contributed by atoms with Crippen LogP contribution in [0.1, 0.15) is 5.56 Å². The van der Waals surface area contributed by atoms with E-state index in [2.05, 4.69) is 15.5 Å². The minimum Gasteiger partial charge on any atom is -0.496 e. The predicted octanol–water partition coefficient (Wildman–Crippen LogP) is 2.75. The highest BCUT2D eigenvalue weighted by Gasteiger charge is 2.07. The average molecular weight is 250 g/mol. The Labute approximate surface area is 105 Å². The van der Waals surface area contributed by atoms with Crippen LogP contribution in [0, 0.1) is 0 Å². The molecule has 0 aliphatic rings. The molecule has 0 saturated carbocycles. The third-order valence-electron chi connectivity index (χ3n) is 2.31. The summed E-state index contributed by atoms with van der Waals surface area (Å²) in [7, 11) is 1.62. The van der Waals surface area contributed by atoms with Gasteiger partial charge in [0.1, 0.15) is 11.6 Å². The molecule has 0 spiro atoms. The summed E-state index contributed by atoms with van der Waals surface area (Å²) in [6.07, 6.45) is 1.63. The van der Waals surface area contributed by atoms with E-state index in [0.29, 0.717) is 17.4 Å². The Balaban J connectivity index is 2.14. The van der Waals surface area contributed by atoms with Gasteiger partial charge in [0, 0.05) is 23.3 Å². The lowest BCUT2D eigenvalue weighted by molar-refractivity contribution is 0.410. The van der Waals surface area contributed by atoms with Crippen LogP contribution in [0.25, 0.3) is 0 Å². The van der Waals surface area contributed by atoms with Crippen molar-refractivity contribution in [3.63, 3.8) is 0 Å². The Morgan fingerprint density at radius 1 is 1.29 bits per heavy atom. The summed E-state index contributed by atoms with van der Waals surface area (Å²) in [4.78, 5) is 0. The van der Waals surface area contributed by atoms with Crippen molar-refractivity contribution in [2.75, 3.05) is 12.4 Å². The molecule has 0 saturated heterocycles. The molecular weight excluding hydrogens is 238 g/mol. The van der Waals surface area contributed by atoms with Gasteiger partial charge in [0.25, 0.3) is 0 Å². The number of aromatic nitrogens is 2. The van der Waals surface area contributed by atoms with E-state index in [0.717, 1.165) is 11.3 Å². The van der Waals surface area contributed by atoms with Gasteiger partial charge in [-0.15, -0.1) is 5.10 Å². The molecule has 4 nitrogen and oxygen atoms in total. The first-order valence-electron chi connectivity index (χ1n) is 5.14. The Morgan fingerprint density at radius 2 is 2.18 bits per heavy atom. The molecule has 0 radical (unpaired) electrons. The number of anilines is 1. The van der Waals surface area contributed by atoms with Crippen molar-refractivity contribution in [1.82, 2.24) is 10.2 Å². The predicted molar refractivity (Wildman–Crippen MR) is 67.4 cm³/mol. The Morgan fingerprint density at radius 3 is 2.88 bits per heavy atom. The molecule has 2 rings (SSSR count). The van der Waals surface area contributed by atoms with Gasteiger partial charge < -0.3 is 10.1 Å². The van der Waals surface area contributed by atoms with Gasteiger partial charge in [-0.1, -0.05) is 17.7 Å². The van der Waals surface area contributed by atoms with E-state index in [1.165, 1.54) is 0 Å². The summed E-state index contributed by atoms with van der Waals surface area (Å²) in [5.41, 5.74) is 0.905. The Hall–Kier alpha value is -1.81. The van der Waals surface area contributed by atoms with E-state index < -0.39 is 0 Å². The number of rotatable bonds is 4. The van der Waals surface area contributed by atoms with Crippen LogP contribution in [0.4, 0.5) is 5.82 Å². The number of methoxy groups -OCH3 is 1. The molecule has 0 aliphatic heterocycles. The fraction of sp³-hybridized carbons (Fsp3) is 0.167. The molecule has 2 aromatic rings. The summed E-state index contributed by atoms with van der Waals surface area (Å²) in [5.74, 6) is 1.46. The highest BCUT2D eigenvalue weighted by molar-refractivity contribution is 6.31. The van der Waals surface area contributed by atoms with Crippen molar-refractivity contribution in [2.24, 2.45) is 0 Å². The number of benzene rings is 1. The lowest BCUT2D eigenvalue weighted by atomic mass is 10.2. The van der Waals surface area contributed by atoms with Crippen LogP contribution in [0.2, 0.25) is 5.02 Å². The third-order valence-corrected chi connectivity index (χ3v) is 2.67. The maximum absolute atomic E-state index is 6.12. The second kappa shape index (κ2) is 5.50. The van der Waals surface area contributed by atoms with E-state index >= 15 is 0 Å². The molecule has 5 heteroatoms. The summed E-state index contributed by atoms with van der Waals surface area (Å²) < 4.78 is 5.25. The molecule has 0 bridgehead atoms. The molecular formula is C12H12ClN3O. The quantitative estimate of drug-likeness (QED) is 0.905. The first-order chi connectivity index (χ1) is 8.31. The van der Waals surface area contributed by atoms with Crippen LogP contribution in [0.3, 0.4) is 0 Å². The fourth-order valence-corrected chi connectivity index (χ4v) is 1.71. The van der Waals surface area contributed by atoms with Crippen LogP contribution >= 0.6 is 11.6 Å². The van der Waals surface area contributed by atoms with E-state index in [1.54, 1.807) is 13.3 Å². The maximum Gasteiger partial charge on any atom is 0.148 e. The highest BCUT2D eigenvalue weighted by Crippen LogP contribution is 2.26. The summed E-state index contributed by atoms with van der Waals surface area (Å²) in [6.45, 7) is 0.543. The van der Waals surface area contributed by atoms with Crippen molar-refractivity contribution in [1.29, 1.82) is 0 Å². The Bertz CT molecular complexity index is 490. The van der Waals surface area contributed by atoms with Gasteiger partial charge in [-0.2, -0.15) is 5.10 Å². The first-order valence-corrected chi connectivity index (χ1v) is 5.52. The molecule has 88 valence electrons. The van der Waals surface area contributed by atoms with Crippen LogP contribution < -0.4 is 10.1 Å². The SMILES string of the molecule is COc1cccc(Cl)c1CNc1cccnn1. The van der Waals surface area contributed by atoms with Gasteiger partial charge in [0.15, 0.2) is 0 Å². The summed E-state index contributed by atoms with van der Waals surface area (Å²) in [6, 6.07) is 9.22. The van der Waals surface area contributed by atoms with Crippen molar-refractivity contribution < 1.29 is 4.74 Å². The van der Waals surface area contributed by atoms with Crippen LogP contribution in [-0.4, -0.2) is 17.3 Å². The normalized spacial score (nSPS) is 10.0. The minimum absolute atomic E-state index is 0.543. The molecule has 0 amide bonds. The zero-order chi connectivity index (χ0) is 12.1. The van der Waals surface area contributed by atoms with Gasteiger partial charge in [-0.25, -0.2) is 0 Å². The minimum atomic E-state index is 0.543. The van der Waals surface area contributed by atoms with Gasteiger partial charge in [0.2, 0.25) is 0 Å². The monoisotopic (exact) mass is 249 g/mol. The molecule has 1 heterocycles. The van der Waals surface area contributed by atoms with Gasteiger partial charge in [-0.3, -0.25) is 0 Å².